The number of nitrogens with zero attached hydrogens (tertiary/aromatic N) is 1. The molecule has 0 bridgehead atoms. The Hall–Kier alpha value is -5.13. The fourth-order valence-electron chi connectivity index (χ4n) is 5.99. The van der Waals surface area contributed by atoms with Gasteiger partial charge >= 0.3 is 0 Å². The normalized spacial score (nSPS) is 13.8. The molecule has 0 aliphatic carbocycles. The number of carbonyl (C=O) groups is 4. The Balaban J connectivity index is 1.78. The van der Waals surface area contributed by atoms with Crippen molar-refractivity contribution < 1.29 is 32.3 Å². The summed E-state index contributed by atoms with van der Waals surface area (Å²) in [4.78, 5) is 57.3. The van der Waals surface area contributed by atoms with Gasteiger partial charge in [0.05, 0.1) is 18.0 Å². The van der Waals surface area contributed by atoms with Crippen LogP contribution in [0.4, 0.5) is 0 Å². The number of primary amides is 1. The molecule has 0 aliphatic heterocycles. The minimum Gasteiger partial charge on any atom is -0.496 e. The molecular formula is C39H54N8O7S2. The van der Waals surface area contributed by atoms with Crippen LogP contribution >= 0.6 is 11.8 Å². The maximum absolute atomic E-state index is 13.8. The highest BCUT2D eigenvalue weighted by atomic mass is 32.2. The van der Waals surface area contributed by atoms with Crippen LogP contribution in [-0.4, -0.2) is 87.8 Å². The first kappa shape index (κ1) is 45.3. The molecule has 0 saturated heterocycles. The van der Waals surface area contributed by atoms with Crippen molar-refractivity contribution in [3.63, 3.8) is 0 Å². The van der Waals surface area contributed by atoms with Gasteiger partial charge in [0.15, 0.2) is 0 Å². The third-order valence-electron chi connectivity index (χ3n) is 9.09. The van der Waals surface area contributed by atoms with E-state index >= 15 is 0 Å². The molecule has 0 unspecified atom stereocenters. The molecule has 17 heteroatoms. The van der Waals surface area contributed by atoms with Gasteiger partial charge in [-0.25, -0.2) is 13.1 Å². The summed E-state index contributed by atoms with van der Waals surface area (Å²) in [7, 11) is -2.62. The van der Waals surface area contributed by atoms with E-state index in [0.29, 0.717) is 28.2 Å². The number of sulfonamides is 1. The molecule has 0 spiro atoms. The highest BCUT2D eigenvalue weighted by Crippen LogP contribution is 2.30. The molecule has 3 aromatic carbocycles. The van der Waals surface area contributed by atoms with E-state index in [4.69, 9.17) is 21.9 Å². The number of benzene rings is 3. The largest absolute Gasteiger partial charge is 0.496 e. The highest BCUT2D eigenvalue weighted by Gasteiger charge is 2.30. The van der Waals surface area contributed by atoms with E-state index in [0.717, 1.165) is 11.1 Å². The quantitative estimate of drug-likeness (QED) is 0.0464. The monoisotopic (exact) mass is 810 g/mol. The summed E-state index contributed by atoms with van der Waals surface area (Å²) in [6, 6.07) is 15.6. The smallest absolute Gasteiger partial charge is 0.264 e. The number of aliphatic imine (C=N–C) groups is 1. The summed E-state index contributed by atoms with van der Waals surface area (Å²) in [5.41, 5.74) is 21.1. The molecule has 3 aromatic rings. The first-order valence-corrected chi connectivity index (χ1v) is 21.0. The van der Waals surface area contributed by atoms with Crippen molar-refractivity contribution in [2.24, 2.45) is 22.2 Å². The lowest BCUT2D eigenvalue weighted by atomic mass is 10.0. The lowest BCUT2D eigenvalue weighted by Gasteiger charge is -2.25. The van der Waals surface area contributed by atoms with Gasteiger partial charge in [-0.1, -0.05) is 60.7 Å². The van der Waals surface area contributed by atoms with Crippen LogP contribution in [0, 0.1) is 20.8 Å². The molecule has 0 radical (unpaired) electrons. The zero-order valence-electron chi connectivity index (χ0n) is 32.5. The van der Waals surface area contributed by atoms with Crippen LogP contribution < -0.4 is 42.6 Å². The van der Waals surface area contributed by atoms with Crippen molar-refractivity contribution in [2.75, 3.05) is 25.7 Å². The van der Waals surface area contributed by atoms with Crippen LogP contribution in [0.25, 0.3) is 0 Å². The minimum absolute atomic E-state index is 0.00449. The minimum atomic E-state index is -4.12. The van der Waals surface area contributed by atoms with Crippen molar-refractivity contribution in [3.8, 4) is 5.75 Å². The summed E-state index contributed by atoms with van der Waals surface area (Å²) in [5, 5.41) is 8.13. The molecule has 10 N–H and O–H groups in total. The molecule has 15 nitrogen and oxygen atoms in total. The fourth-order valence-corrected chi connectivity index (χ4v) is 7.95. The average molecular weight is 811 g/mol. The Kier molecular flexibility index (Phi) is 17.6. The third kappa shape index (κ3) is 13.6. The van der Waals surface area contributed by atoms with Gasteiger partial charge in [0, 0.05) is 13.0 Å². The summed E-state index contributed by atoms with van der Waals surface area (Å²) >= 11 is 1.47. The SMILES string of the molecule is COc1cc(C)c(S(=O)(=O)NC(N)=NCCC[C@H](NC(=O)[C@H](CCSC)NC(=O)[C@@H](N)Cc2ccccc2)C(=O)N[C@@H](Cc2ccccc2)C(N)=O)c(C)c1C. The number of guanidine groups is 1. The summed E-state index contributed by atoms with van der Waals surface area (Å²) < 4.78 is 34.3. The standard InChI is InChI=1S/C39H54N8O7S2/c1-24-21-33(54-4)25(2)26(3)34(24)56(52,53)47-39(42)43-19-12-17-30(37(50)46-32(35(41)48)23-28-15-10-7-11-16-28)45-38(51)31(18-20-55-5)44-36(49)29(40)22-27-13-8-6-9-14-27/h6-11,13-16,21,29-32H,12,17-20,22-23,40H2,1-5H3,(H2,41,48)(H,44,49)(H,45,51)(H,46,50)(H3,42,43,47)/t29-,30-,31-,32-/m0/s1. The second-order valence-electron chi connectivity index (χ2n) is 13.3. The molecule has 0 heterocycles. The maximum Gasteiger partial charge on any atom is 0.264 e. The summed E-state index contributed by atoms with van der Waals surface area (Å²) in [5.74, 6) is -1.92. The average Bonchev–Trinajstić information content (AvgIpc) is 3.15. The first-order valence-electron chi connectivity index (χ1n) is 18.1. The number of hydrogen-bond donors (Lipinski definition) is 7. The number of rotatable bonds is 21. The second-order valence-corrected chi connectivity index (χ2v) is 15.9. The van der Waals surface area contributed by atoms with Gasteiger partial charge in [-0.3, -0.25) is 24.2 Å². The van der Waals surface area contributed by atoms with Gasteiger partial charge in [0.2, 0.25) is 29.6 Å². The number of aryl methyl sites for hydroxylation is 1. The van der Waals surface area contributed by atoms with Crippen molar-refractivity contribution in [1.29, 1.82) is 0 Å². The second kappa shape index (κ2) is 21.8. The van der Waals surface area contributed by atoms with E-state index in [1.54, 1.807) is 51.1 Å². The Morgan fingerprint density at radius 3 is 1.88 bits per heavy atom. The number of thioether (sulfide) groups is 1. The van der Waals surface area contributed by atoms with Gasteiger partial charge in [-0.2, -0.15) is 11.8 Å². The van der Waals surface area contributed by atoms with Crippen LogP contribution in [0.5, 0.6) is 5.75 Å². The Labute approximate surface area is 333 Å². The van der Waals surface area contributed by atoms with Gasteiger partial charge < -0.3 is 37.9 Å². The Morgan fingerprint density at radius 2 is 1.32 bits per heavy atom. The van der Waals surface area contributed by atoms with Crippen LogP contribution in [0.15, 0.2) is 76.6 Å². The van der Waals surface area contributed by atoms with Gasteiger partial charge in [-0.05, 0) is 92.3 Å². The molecule has 0 aromatic heterocycles. The highest BCUT2D eigenvalue weighted by molar-refractivity contribution is 7.98. The van der Waals surface area contributed by atoms with Crippen molar-refractivity contribution in [3.05, 3.63) is 94.5 Å². The van der Waals surface area contributed by atoms with E-state index in [1.165, 1.54) is 18.9 Å². The van der Waals surface area contributed by atoms with E-state index in [9.17, 15) is 27.6 Å². The zero-order chi connectivity index (χ0) is 41.4. The van der Waals surface area contributed by atoms with E-state index in [1.807, 2.05) is 42.7 Å². The number of ether oxygens (including phenoxy) is 1. The number of carbonyl (C=O) groups excluding carboxylic acids is 4. The maximum atomic E-state index is 13.8. The van der Waals surface area contributed by atoms with Crippen molar-refractivity contribution in [1.82, 2.24) is 20.7 Å². The Bertz CT molecular complexity index is 1950. The molecule has 0 fully saturated rings. The molecule has 0 saturated carbocycles. The van der Waals surface area contributed by atoms with Crippen LogP contribution in [0.1, 0.15) is 47.1 Å². The van der Waals surface area contributed by atoms with Gasteiger partial charge in [0.25, 0.3) is 10.0 Å². The summed E-state index contributed by atoms with van der Waals surface area (Å²) in [6.07, 6.45) is 2.63. The number of methoxy groups -OCH3 is 1. The van der Waals surface area contributed by atoms with Gasteiger partial charge in [0.1, 0.15) is 23.9 Å². The van der Waals surface area contributed by atoms with Crippen LogP contribution in [0.2, 0.25) is 0 Å². The lowest BCUT2D eigenvalue weighted by molar-refractivity contribution is -0.133. The molecule has 4 atom stereocenters. The van der Waals surface area contributed by atoms with Crippen LogP contribution in [0.3, 0.4) is 0 Å². The number of amides is 4. The summed E-state index contributed by atoms with van der Waals surface area (Å²) in [6.45, 7) is 5.04. The lowest BCUT2D eigenvalue weighted by Crippen LogP contribution is -2.58. The zero-order valence-corrected chi connectivity index (χ0v) is 34.1. The van der Waals surface area contributed by atoms with Crippen molar-refractivity contribution >= 4 is 51.4 Å². The molecule has 56 heavy (non-hydrogen) atoms. The topological polar surface area (TPSA) is 250 Å². The third-order valence-corrected chi connectivity index (χ3v) is 11.4. The molecule has 304 valence electrons. The molecule has 3 rings (SSSR count). The van der Waals surface area contributed by atoms with Crippen LogP contribution in [-0.2, 0) is 42.0 Å². The molecule has 4 amide bonds. The first-order chi connectivity index (χ1) is 26.6. The Morgan fingerprint density at radius 1 is 0.786 bits per heavy atom. The van der Waals surface area contributed by atoms with E-state index in [-0.39, 0.29) is 49.5 Å². The van der Waals surface area contributed by atoms with Gasteiger partial charge in [-0.15, -0.1) is 0 Å². The number of nitrogens with two attached hydrogens (primary N) is 3. The number of hydrogen-bond acceptors (Lipinski definition) is 10. The van der Waals surface area contributed by atoms with Crippen molar-refractivity contribution in [2.45, 2.75) is 81.9 Å². The fraction of sp³-hybridized carbons (Fsp3) is 0.410. The molecular weight excluding hydrogens is 757 g/mol. The predicted octanol–water partition coefficient (Wildman–Crippen LogP) is 1.50. The predicted molar refractivity (Wildman–Crippen MR) is 220 cm³/mol. The molecule has 0 aliphatic rings. The van der Waals surface area contributed by atoms with E-state index < -0.39 is 57.8 Å². The van der Waals surface area contributed by atoms with E-state index in [2.05, 4.69) is 25.7 Å². The number of nitrogens with one attached hydrogen (secondary N) is 4.